The molecule has 92 valence electrons. The number of carbonyl (C=O) groups is 4. The van der Waals surface area contributed by atoms with Gasteiger partial charge in [-0.25, -0.2) is 4.90 Å². The Kier molecular flexibility index (Phi) is 3.77. The van der Waals surface area contributed by atoms with Crippen molar-refractivity contribution in [2.45, 2.75) is 27.2 Å². The average Bonchev–Trinajstić information content (AvgIpc) is 2.19. The Morgan fingerprint density at radius 3 is 2.12 bits per heavy atom. The van der Waals surface area contributed by atoms with Crippen molar-refractivity contribution in [2.75, 3.05) is 6.54 Å². The fraction of sp³-hybridized carbons (Fsp3) is 0.455. The molecule has 0 bridgehead atoms. The molecule has 0 atom stereocenters. The van der Waals surface area contributed by atoms with Gasteiger partial charge in [0.15, 0.2) is 0 Å². The van der Waals surface area contributed by atoms with Crippen LogP contribution in [0.25, 0.3) is 0 Å². The fourth-order valence-electron chi connectivity index (χ4n) is 1.71. The van der Waals surface area contributed by atoms with Gasteiger partial charge in [-0.15, -0.1) is 0 Å². The number of hydrogen-bond donors (Lipinski definition) is 0. The maximum Gasteiger partial charge on any atom is 0.277 e. The van der Waals surface area contributed by atoms with Gasteiger partial charge in [0, 0.05) is 27.3 Å². The minimum atomic E-state index is -0.603. The highest BCUT2D eigenvalue weighted by atomic mass is 16.2. The SMILES string of the molecule is CC(=O)N1CCC=C(N(C(C)=O)C(C)=O)C1=O. The molecule has 0 aromatic heterocycles. The molecule has 1 rings (SSSR count). The van der Waals surface area contributed by atoms with Crippen LogP contribution in [0.15, 0.2) is 11.8 Å². The normalized spacial score (nSPS) is 15.4. The third-order valence-electron chi connectivity index (χ3n) is 2.41. The second-order valence-electron chi connectivity index (χ2n) is 3.73. The molecule has 1 aliphatic rings. The summed E-state index contributed by atoms with van der Waals surface area (Å²) in [7, 11) is 0. The number of rotatable bonds is 1. The van der Waals surface area contributed by atoms with Crippen LogP contribution in [0, 0.1) is 0 Å². The van der Waals surface area contributed by atoms with Gasteiger partial charge in [0.25, 0.3) is 5.91 Å². The summed E-state index contributed by atoms with van der Waals surface area (Å²) in [5.74, 6) is -2.08. The maximum absolute atomic E-state index is 11.9. The largest absolute Gasteiger partial charge is 0.277 e. The molecule has 0 saturated heterocycles. The van der Waals surface area contributed by atoms with E-state index in [1.807, 2.05) is 0 Å². The number of imide groups is 2. The van der Waals surface area contributed by atoms with Gasteiger partial charge in [-0.2, -0.15) is 0 Å². The van der Waals surface area contributed by atoms with E-state index >= 15 is 0 Å². The van der Waals surface area contributed by atoms with E-state index < -0.39 is 23.6 Å². The van der Waals surface area contributed by atoms with Crippen LogP contribution in [0.2, 0.25) is 0 Å². The van der Waals surface area contributed by atoms with Crippen LogP contribution in [0.1, 0.15) is 27.2 Å². The molecule has 0 radical (unpaired) electrons. The Morgan fingerprint density at radius 2 is 1.71 bits per heavy atom. The summed E-state index contributed by atoms with van der Waals surface area (Å²) >= 11 is 0. The van der Waals surface area contributed by atoms with Crippen LogP contribution in [0.5, 0.6) is 0 Å². The van der Waals surface area contributed by atoms with Gasteiger partial charge >= 0.3 is 0 Å². The van der Waals surface area contributed by atoms with Crippen molar-refractivity contribution in [3.8, 4) is 0 Å². The standard InChI is InChI=1S/C11H14N2O4/c1-7(14)12-6-4-5-10(11(12)17)13(8(2)15)9(3)16/h5H,4,6H2,1-3H3. The second-order valence-corrected chi connectivity index (χ2v) is 3.73. The molecule has 1 heterocycles. The van der Waals surface area contributed by atoms with Crippen LogP contribution in [0.3, 0.4) is 0 Å². The Labute approximate surface area is 98.9 Å². The first kappa shape index (κ1) is 13.1. The van der Waals surface area contributed by atoms with Gasteiger partial charge in [-0.05, 0) is 6.42 Å². The van der Waals surface area contributed by atoms with Crippen LogP contribution < -0.4 is 0 Å². The summed E-state index contributed by atoms with van der Waals surface area (Å²) in [5, 5.41) is 0. The third-order valence-corrected chi connectivity index (χ3v) is 2.41. The lowest BCUT2D eigenvalue weighted by Gasteiger charge is -2.28. The summed E-state index contributed by atoms with van der Waals surface area (Å²) in [6, 6.07) is 0. The van der Waals surface area contributed by atoms with Crippen LogP contribution in [-0.4, -0.2) is 40.0 Å². The monoisotopic (exact) mass is 238 g/mol. The molecule has 6 nitrogen and oxygen atoms in total. The van der Waals surface area contributed by atoms with Crippen LogP contribution in [-0.2, 0) is 19.2 Å². The summed E-state index contributed by atoms with van der Waals surface area (Å²) in [5.41, 5.74) is -0.0357. The van der Waals surface area contributed by atoms with Gasteiger partial charge in [0.1, 0.15) is 5.70 Å². The molecule has 0 spiro atoms. The number of hydrogen-bond acceptors (Lipinski definition) is 4. The minimum absolute atomic E-state index is 0.0357. The van der Waals surface area contributed by atoms with E-state index in [1.54, 1.807) is 0 Å². The molecule has 17 heavy (non-hydrogen) atoms. The summed E-state index contributed by atoms with van der Waals surface area (Å²) in [6.45, 7) is 3.94. The molecule has 4 amide bonds. The zero-order chi connectivity index (χ0) is 13.2. The molecule has 1 aliphatic heterocycles. The molecular formula is C11H14N2O4. The summed E-state index contributed by atoms with van der Waals surface area (Å²) in [6.07, 6.45) is 1.95. The van der Waals surface area contributed by atoms with Gasteiger partial charge < -0.3 is 0 Å². The average molecular weight is 238 g/mol. The quantitative estimate of drug-likeness (QED) is 0.646. The maximum atomic E-state index is 11.9. The second kappa shape index (κ2) is 4.90. The van der Waals surface area contributed by atoms with Gasteiger partial charge in [0.2, 0.25) is 17.7 Å². The van der Waals surface area contributed by atoms with E-state index in [0.29, 0.717) is 6.42 Å². The first-order chi connectivity index (χ1) is 7.86. The summed E-state index contributed by atoms with van der Waals surface area (Å²) in [4.78, 5) is 47.6. The van der Waals surface area contributed by atoms with E-state index in [0.717, 1.165) is 9.80 Å². The molecule has 0 saturated carbocycles. The lowest BCUT2D eigenvalue weighted by molar-refractivity contribution is -0.148. The molecule has 0 aromatic rings. The molecule has 0 fully saturated rings. The topological polar surface area (TPSA) is 74.8 Å². The van der Waals surface area contributed by atoms with Crippen molar-refractivity contribution in [3.05, 3.63) is 11.8 Å². The Hall–Kier alpha value is -1.98. The van der Waals surface area contributed by atoms with Gasteiger partial charge in [0.05, 0.1) is 0 Å². The Morgan fingerprint density at radius 1 is 1.18 bits per heavy atom. The first-order valence-electron chi connectivity index (χ1n) is 5.20. The number of carbonyl (C=O) groups excluding carboxylic acids is 4. The Balaban J connectivity index is 3.08. The van der Waals surface area contributed by atoms with E-state index in [9.17, 15) is 19.2 Å². The summed E-state index contributed by atoms with van der Waals surface area (Å²) < 4.78 is 0. The highest BCUT2D eigenvalue weighted by Crippen LogP contribution is 2.16. The lowest BCUT2D eigenvalue weighted by Crippen LogP contribution is -2.46. The van der Waals surface area contributed by atoms with Gasteiger partial charge in [-0.3, -0.25) is 24.1 Å². The van der Waals surface area contributed by atoms with E-state index in [-0.39, 0.29) is 12.2 Å². The van der Waals surface area contributed by atoms with E-state index in [4.69, 9.17) is 0 Å². The smallest absolute Gasteiger partial charge is 0.277 e. The number of nitrogens with zero attached hydrogens (tertiary/aromatic N) is 2. The zero-order valence-corrected chi connectivity index (χ0v) is 10.0. The molecular weight excluding hydrogens is 224 g/mol. The van der Waals surface area contributed by atoms with Crippen molar-refractivity contribution in [3.63, 3.8) is 0 Å². The molecule has 0 N–H and O–H groups in total. The predicted octanol–water partition coefficient (Wildman–Crippen LogP) is 0.0441. The lowest BCUT2D eigenvalue weighted by atomic mass is 10.1. The molecule has 0 aliphatic carbocycles. The van der Waals surface area contributed by atoms with E-state index in [1.165, 1.54) is 26.8 Å². The fourth-order valence-corrected chi connectivity index (χ4v) is 1.71. The van der Waals surface area contributed by atoms with Crippen molar-refractivity contribution < 1.29 is 19.2 Å². The first-order valence-corrected chi connectivity index (χ1v) is 5.20. The molecule has 6 heteroatoms. The van der Waals surface area contributed by atoms with Crippen molar-refractivity contribution >= 4 is 23.6 Å². The van der Waals surface area contributed by atoms with E-state index in [2.05, 4.69) is 0 Å². The molecule has 0 unspecified atom stereocenters. The van der Waals surface area contributed by atoms with Crippen LogP contribution in [0.4, 0.5) is 0 Å². The van der Waals surface area contributed by atoms with Crippen molar-refractivity contribution in [1.82, 2.24) is 9.80 Å². The Bertz CT molecular complexity index is 411. The van der Waals surface area contributed by atoms with Gasteiger partial charge in [-0.1, -0.05) is 6.08 Å². The number of amides is 4. The highest BCUT2D eigenvalue weighted by molar-refractivity contribution is 6.10. The third kappa shape index (κ3) is 2.58. The highest BCUT2D eigenvalue weighted by Gasteiger charge is 2.32. The predicted molar refractivity (Wildman–Crippen MR) is 58.3 cm³/mol. The minimum Gasteiger partial charge on any atom is -0.277 e. The zero-order valence-electron chi connectivity index (χ0n) is 10.0. The van der Waals surface area contributed by atoms with Crippen molar-refractivity contribution in [1.29, 1.82) is 0 Å². The van der Waals surface area contributed by atoms with Crippen LogP contribution >= 0.6 is 0 Å². The molecule has 0 aromatic carbocycles. The van der Waals surface area contributed by atoms with Crippen molar-refractivity contribution in [2.24, 2.45) is 0 Å².